The molecule has 0 saturated carbocycles. The van der Waals surface area contributed by atoms with Crippen LogP contribution in [0.15, 0.2) is 29.2 Å². The van der Waals surface area contributed by atoms with Gasteiger partial charge >= 0.3 is 0 Å². The van der Waals surface area contributed by atoms with Gasteiger partial charge in [0.05, 0.1) is 15.7 Å². The Morgan fingerprint density at radius 2 is 1.94 bits per heavy atom. The second-order valence-electron chi connectivity index (χ2n) is 4.22. The molecule has 1 rings (SSSR count). The van der Waals surface area contributed by atoms with Gasteiger partial charge in [0.25, 0.3) is 0 Å². The average molecular weight is 290 g/mol. The van der Waals surface area contributed by atoms with E-state index in [0.29, 0.717) is 0 Å². The first-order valence-electron chi connectivity index (χ1n) is 5.59. The summed E-state index contributed by atoms with van der Waals surface area (Å²) in [5, 5.41) is 2.83. The number of nitrogens with one attached hydrogen (secondary N) is 1. The first kappa shape index (κ1) is 15.0. The molecule has 0 aliphatic carbocycles. The quantitative estimate of drug-likeness (QED) is 0.902. The molecular weight excluding hydrogens is 274 g/mol. The predicted octanol–water partition coefficient (Wildman–Crippen LogP) is 2.03. The van der Waals surface area contributed by atoms with Crippen molar-refractivity contribution in [3.05, 3.63) is 29.3 Å². The van der Waals surface area contributed by atoms with E-state index in [0.717, 1.165) is 0 Å². The van der Waals surface area contributed by atoms with Crippen molar-refractivity contribution in [3.63, 3.8) is 0 Å². The summed E-state index contributed by atoms with van der Waals surface area (Å²) in [5.74, 6) is -0.518. The third kappa shape index (κ3) is 4.31. The molecule has 0 atom stereocenters. The van der Waals surface area contributed by atoms with Gasteiger partial charge < -0.3 is 5.32 Å². The maximum absolute atomic E-state index is 12.0. The van der Waals surface area contributed by atoms with Gasteiger partial charge in [-0.05, 0) is 26.0 Å². The van der Waals surface area contributed by atoms with Crippen LogP contribution in [-0.2, 0) is 14.6 Å². The normalized spacial score (nSPS) is 11.6. The Morgan fingerprint density at radius 1 is 1.33 bits per heavy atom. The summed E-state index contributed by atoms with van der Waals surface area (Å²) >= 11 is 5.83. The van der Waals surface area contributed by atoms with Gasteiger partial charge in [-0.1, -0.05) is 23.7 Å². The molecule has 0 unspecified atom stereocenters. The number of carbonyl (C=O) groups excluding carboxylic acids is 1. The predicted molar refractivity (Wildman–Crippen MR) is 71.4 cm³/mol. The van der Waals surface area contributed by atoms with Gasteiger partial charge in [0.15, 0.2) is 9.84 Å². The number of carbonyl (C=O) groups is 1. The number of hydrogen-bond donors (Lipinski definition) is 1. The molecule has 0 fully saturated rings. The average Bonchev–Trinajstić information content (AvgIpc) is 2.26. The Kier molecular flexibility index (Phi) is 5.16. The third-order valence-electron chi connectivity index (χ3n) is 2.22. The van der Waals surface area contributed by atoms with Gasteiger partial charge in [0.1, 0.15) is 0 Å². The van der Waals surface area contributed by atoms with Crippen molar-refractivity contribution in [2.45, 2.75) is 31.2 Å². The lowest BCUT2D eigenvalue weighted by atomic mass is 10.3. The number of amides is 1. The number of rotatable bonds is 5. The van der Waals surface area contributed by atoms with E-state index >= 15 is 0 Å². The van der Waals surface area contributed by atoms with Gasteiger partial charge in [0.2, 0.25) is 5.91 Å². The fraction of sp³-hybridized carbons (Fsp3) is 0.417. The number of halogens is 1. The van der Waals surface area contributed by atoms with Crippen LogP contribution in [0.4, 0.5) is 0 Å². The largest absolute Gasteiger partial charge is 0.354 e. The second-order valence-corrected chi connectivity index (χ2v) is 6.71. The summed E-state index contributed by atoms with van der Waals surface area (Å²) in [6.45, 7) is 3.64. The summed E-state index contributed by atoms with van der Waals surface area (Å²) in [7, 11) is -3.51. The van der Waals surface area contributed by atoms with Crippen molar-refractivity contribution in [3.8, 4) is 0 Å². The van der Waals surface area contributed by atoms with Crippen LogP contribution in [0.25, 0.3) is 0 Å². The Balaban J connectivity index is 2.72. The van der Waals surface area contributed by atoms with Crippen molar-refractivity contribution >= 4 is 27.3 Å². The second kappa shape index (κ2) is 6.20. The molecule has 4 nitrogen and oxygen atoms in total. The van der Waals surface area contributed by atoms with E-state index in [1.165, 1.54) is 12.1 Å². The SMILES string of the molecule is CC(C)NC(=O)CCS(=O)(=O)c1ccccc1Cl. The van der Waals surface area contributed by atoms with Crippen LogP contribution in [0.1, 0.15) is 20.3 Å². The van der Waals surface area contributed by atoms with Crippen LogP contribution < -0.4 is 5.32 Å². The molecular formula is C12H16ClNO3S. The number of benzene rings is 1. The Labute approximate surface area is 112 Å². The van der Waals surface area contributed by atoms with Crippen molar-refractivity contribution in [1.82, 2.24) is 5.32 Å². The van der Waals surface area contributed by atoms with Gasteiger partial charge in [-0.15, -0.1) is 0 Å². The summed E-state index contributed by atoms with van der Waals surface area (Å²) in [6, 6.07) is 6.22. The highest BCUT2D eigenvalue weighted by Crippen LogP contribution is 2.22. The maximum Gasteiger partial charge on any atom is 0.221 e. The molecule has 0 saturated heterocycles. The third-order valence-corrected chi connectivity index (χ3v) is 4.43. The lowest BCUT2D eigenvalue weighted by Gasteiger charge is -2.09. The molecule has 0 bridgehead atoms. The minimum atomic E-state index is -3.51. The summed E-state index contributed by atoms with van der Waals surface area (Å²) < 4.78 is 24.0. The van der Waals surface area contributed by atoms with Crippen molar-refractivity contribution in [2.75, 3.05) is 5.75 Å². The molecule has 0 radical (unpaired) electrons. The summed E-state index contributed by atoms with van der Waals surface area (Å²) in [4.78, 5) is 11.5. The number of sulfone groups is 1. The van der Waals surface area contributed by atoms with E-state index in [4.69, 9.17) is 11.6 Å². The van der Waals surface area contributed by atoms with E-state index < -0.39 is 9.84 Å². The molecule has 1 aromatic rings. The van der Waals surface area contributed by atoms with Crippen LogP contribution in [0, 0.1) is 0 Å². The highest BCUT2D eigenvalue weighted by molar-refractivity contribution is 7.91. The van der Waals surface area contributed by atoms with Crippen LogP contribution in [0.2, 0.25) is 5.02 Å². The maximum atomic E-state index is 12.0. The van der Waals surface area contributed by atoms with Crippen LogP contribution >= 0.6 is 11.6 Å². The zero-order valence-electron chi connectivity index (χ0n) is 10.3. The topological polar surface area (TPSA) is 63.2 Å². The first-order valence-corrected chi connectivity index (χ1v) is 7.62. The van der Waals surface area contributed by atoms with Crippen LogP contribution in [0.3, 0.4) is 0 Å². The Morgan fingerprint density at radius 3 is 2.50 bits per heavy atom. The molecule has 0 heterocycles. The van der Waals surface area contributed by atoms with E-state index in [1.807, 2.05) is 13.8 Å². The molecule has 18 heavy (non-hydrogen) atoms. The highest BCUT2D eigenvalue weighted by atomic mass is 35.5. The van der Waals surface area contributed by atoms with E-state index in [1.54, 1.807) is 12.1 Å². The lowest BCUT2D eigenvalue weighted by Crippen LogP contribution is -2.31. The van der Waals surface area contributed by atoms with Crippen molar-refractivity contribution in [1.29, 1.82) is 0 Å². The van der Waals surface area contributed by atoms with E-state index in [-0.39, 0.29) is 34.0 Å². The monoisotopic (exact) mass is 289 g/mol. The molecule has 1 N–H and O–H groups in total. The molecule has 0 spiro atoms. The van der Waals surface area contributed by atoms with Crippen LogP contribution in [-0.4, -0.2) is 26.1 Å². The molecule has 0 aromatic heterocycles. The first-order chi connectivity index (χ1) is 8.33. The standard InChI is InChI=1S/C12H16ClNO3S/c1-9(2)14-12(15)7-8-18(16,17)11-6-4-3-5-10(11)13/h3-6,9H,7-8H2,1-2H3,(H,14,15). The van der Waals surface area contributed by atoms with E-state index in [2.05, 4.69) is 5.32 Å². The lowest BCUT2D eigenvalue weighted by molar-refractivity contribution is -0.121. The van der Waals surface area contributed by atoms with Crippen molar-refractivity contribution in [2.24, 2.45) is 0 Å². The van der Waals surface area contributed by atoms with Gasteiger partial charge in [0, 0.05) is 12.5 Å². The smallest absolute Gasteiger partial charge is 0.221 e. The Bertz CT molecular complexity index is 526. The van der Waals surface area contributed by atoms with E-state index in [9.17, 15) is 13.2 Å². The fourth-order valence-corrected chi connectivity index (χ4v) is 3.24. The Hall–Kier alpha value is -1.07. The molecule has 0 aliphatic rings. The van der Waals surface area contributed by atoms with Crippen molar-refractivity contribution < 1.29 is 13.2 Å². The van der Waals surface area contributed by atoms with Gasteiger partial charge in [-0.2, -0.15) is 0 Å². The minimum Gasteiger partial charge on any atom is -0.354 e. The number of hydrogen-bond acceptors (Lipinski definition) is 3. The molecule has 1 aromatic carbocycles. The molecule has 100 valence electrons. The zero-order chi connectivity index (χ0) is 13.8. The fourth-order valence-electron chi connectivity index (χ4n) is 1.43. The molecule has 6 heteroatoms. The summed E-state index contributed by atoms with van der Waals surface area (Å²) in [5.41, 5.74) is 0. The highest BCUT2D eigenvalue weighted by Gasteiger charge is 2.19. The molecule has 0 aliphatic heterocycles. The van der Waals surface area contributed by atoms with Crippen LogP contribution in [0.5, 0.6) is 0 Å². The minimum absolute atomic E-state index is 0.000479. The van der Waals surface area contributed by atoms with Gasteiger partial charge in [-0.25, -0.2) is 8.42 Å². The summed E-state index contributed by atoms with van der Waals surface area (Å²) in [6.07, 6.45) is -0.0638. The van der Waals surface area contributed by atoms with Gasteiger partial charge in [-0.3, -0.25) is 4.79 Å². The molecule has 1 amide bonds. The zero-order valence-corrected chi connectivity index (χ0v) is 11.9.